The molecule has 0 aliphatic carbocycles. The van der Waals surface area contributed by atoms with E-state index in [-0.39, 0.29) is 0 Å². The predicted molar refractivity (Wildman–Crippen MR) is 130 cm³/mol. The SMILES string of the molecule is CCCCCCCCC(CCCCCCCC)(CCCCCCCC)OP(=O)(O)O. The van der Waals surface area contributed by atoms with Crippen molar-refractivity contribution in [1.29, 1.82) is 0 Å². The molecule has 0 unspecified atom stereocenters. The van der Waals surface area contributed by atoms with Crippen molar-refractivity contribution < 1.29 is 18.9 Å². The van der Waals surface area contributed by atoms with E-state index in [9.17, 15) is 14.4 Å². The van der Waals surface area contributed by atoms with E-state index in [2.05, 4.69) is 20.8 Å². The Labute approximate surface area is 188 Å². The van der Waals surface area contributed by atoms with Gasteiger partial charge in [0.15, 0.2) is 0 Å². The van der Waals surface area contributed by atoms with Crippen molar-refractivity contribution in [2.45, 2.75) is 161 Å². The van der Waals surface area contributed by atoms with Crippen LogP contribution in [-0.4, -0.2) is 15.4 Å². The first-order valence-corrected chi connectivity index (χ1v) is 14.7. The average Bonchev–Trinajstić information content (AvgIpc) is 2.69. The number of phosphoric acid groups is 1. The molecule has 0 aliphatic heterocycles. The van der Waals surface area contributed by atoms with Crippen molar-refractivity contribution in [3.05, 3.63) is 0 Å². The predicted octanol–water partition coefficient (Wildman–Crippen LogP) is 9.09. The lowest BCUT2D eigenvalue weighted by atomic mass is 9.85. The fourth-order valence-corrected chi connectivity index (χ4v) is 5.23. The van der Waals surface area contributed by atoms with Gasteiger partial charge in [0.2, 0.25) is 0 Å². The molecular weight excluding hydrogens is 395 g/mol. The van der Waals surface area contributed by atoms with Crippen LogP contribution in [0.3, 0.4) is 0 Å². The monoisotopic (exact) mass is 448 g/mol. The van der Waals surface area contributed by atoms with Gasteiger partial charge in [-0.1, -0.05) is 136 Å². The van der Waals surface area contributed by atoms with Gasteiger partial charge in [-0.05, 0) is 19.3 Å². The van der Waals surface area contributed by atoms with Crippen molar-refractivity contribution in [3.63, 3.8) is 0 Å². The molecule has 0 aliphatic rings. The lowest BCUT2D eigenvalue weighted by molar-refractivity contribution is 0.00534. The Kier molecular flexibility index (Phi) is 19.8. The molecular formula is C25H53O4P. The molecule has 182 valence electrons. The van der Waals surface area contributed by atoms with E-state index in [1.807, 2.05) is 0 Å². The van der Waals surface area contributed by atoms with Crippen LogP contribution in [0.1, 0.15) is 156 Å². The standard InChI is InChI=1S/C25H53O4P/c1-4-7-10-13-16-19-22-25(29-30(26,27)28,23-20-17-14-11-8-5-2)24-21-18-15-12-9-6-3/h4-24H2,1-3H3,(H2,26,27,28). The number of phosphoric ester groups is 1. The van der Waals surface area contributed by atoms with Crippen LogP contribution < -0.4 is 0 Å². The zero-order chi connectivity index (χ0) is 22.6. The number of hydrogen-bond donors (Lipinski definition) is 2. The second-order valence-electron chi connectivity index (χ2n) is 9.32. The van der Waals surface area contributed by atoms with Crippen molar-refractivity contribution >= 4 is 7.82 Å². The summed E-state index contributed by atoms with van der Waals surface area (Å²) in [5, 5.41) is 0. The lowest BCUT2D eigenvalue weighted by Crippen LogP contribution is -2.32. The Morgan fingerprint density at radius 3 is 1.07 bits per heavy atom. The van der Waals surface area contributed by atoms with Crippen LogP contribution in [0.4, 0.5) is 0 Å². The third-order valence-electron chi connectivity index (χ3n) is 6.27. The number of unbranched alkanes of at least 4 members (excludes halogenated alkanes) is 15. The molecule has 30 heavy (non-hydrogen) atoms. The fourth-order valence-electron chi connectivity index (χ4n) is 4.45. The van der Waals surface area contributed by atoms with Crippen molar-refractivity contribution in [3.8, 4) is 0 Å². The van der Waals surface area contributed by atoms with Gasteiger partial charge in [-0.25, -0.2) is 4.57 Å². The van der Waals surface area contributed by atoms with Crippen LogP contribution in [0, 0.1) is 0 Å². The molecule has 4 nitrogen and oxygen atoms in total. The summed E-state index contributed by atoms with van der Waals surface area (Å²) in [6.07, 6.45) is 23.8. The van der Waals surface area contributed by atoms with Gasteiger partial charge in [0.1, 0.15) is 0 Å². The van der Waals surface area contributed by atoms with Crippen molar-refractivity contribution in [2.75, 3.05) is 0 Å². The van der Waals surface area contributed by atoms with Gasteiger partial charge in [0, 0.05) is 0 Å². The van der Waals surface area contributed by atoms with Crippen LogP contribution in [0.5, 0.6) is 0 Å². The van der Waals surface area contributed by atoms with Gasteiger partial charge in [0.05, 0.1) is 5.60 Å². The zero-order valence-corrected chi connectivity index (χ0v) is 21.4. The summed E-state index contributed by atoms with van der Waals surface area (Å²) in [7, 11) is -4.49. The molecule has 0 aromatic carbocycles. The Morgan fingerprint density at radius 1 is 0.533 bits per heavy atom. The summed E-state index contributed by atoms with van der Waals surface area (Å²) in [5.74, 6) is 0. The fraction of sp³-hybridized carbons (Fsp3) is 1.00. The molecule has 0 fully saturated rings. The number of rotatable bonds is 23. The van der Waals surface area contributed by atoms with Crippen molar-refractivity contribution in [2.24, 2.45) is 0 Å². The molecule has 2 N–H and O–H groups in total. The lowest BCUT2D eigenvalue weighted by Gasteiger charge is -2.34. The molecule has 0 saturated heterocycles. The molecule has 0 amide bonds. The van der Waals surface area contributed by atoms with E-state index in [0.717, 1.165) is 57.8 Å². The van der Waals surface area contributed by atoms with E-state index in [4.69, 9.17) is 4.52 Å². The molecule has 0 aromatic heterocycles. The van der Waals surface area contributed by atoms with E-state index >= 15 is 0 Å². The Morgan fingerprint density at radius 2 is 0.800 bits per heavy atom. The van der Waals surface area contributed by atoms with Gasteiger partial charge < -0.3 is 9.79 Å². The number of hydrogen-bond acceptors (Lipinski definition) is 2. The zero-order valence-electron chi connectivity index (χ0n) is 20.5. The molecule has 5 heteroatoms. The summed E-state index contributed by atoms with van der Waals surface area (Å²) in [6, 6.07) is 0. The van der Waals surface area contributed by atoms with Crippen LogP contribution in [0.15, 0.2) is 0 Å². The maximum absolute atomic E-state index is 11.8. The van der Waals surface area contributed by atoms with Gasteiger partial charge in [0.25, 0.3) is 0 Å². The van der Waals surface area contributed by atoms with Gasteiger partial charge in [-0.2, -0.15) is 0 Å². The van der Waals surface area contributed by atoms with Crippen LogP contribution in [0.25, 0.3) is 0 Å². The molecule has 0 saturated carbocycles. The normalized spacial score (nSPS) is 12.6. The minimum atomic E-state index is -4.49. The third kappa shape index (κ3) is 18.8. The highest BCUT2D eigenvalue weighted by atomic mass is 31.2. The smallest absolute Gasteiger partial charge is 0.303 e. The second-order valence-corrected chi connectivity index (χ2v) is 10.5. The maximum Gasteiger partial charge on any atom is 0.470 e. The molecule has 0 rings (SSSR count). The maximum atomic E-state index is 11.8. The minimum absolute atomic E-state index is 0.640. The summed E-state index contributed by atoms with van der Waals surface area (Å²) in [4.78, 5) is 19.3. The van der Waals surface area contributed by atoms with Crippen LogP contribution in [0.2, 0.25) is 0 Å². The highest BCUT2D eigenvalue weighted by Crippen LogP contribution is 2.47. The van der Waals surface area contributed by atoms with Crippen molar-refractivity contribution in [1.82, 2.24) is 0 Å². The van der Waals surface area contributed by atoms with E-state index in [0.29, 0.717) is 0 Å². The Balaban J connectivity index is 4.77. The van der Waals surface area contributed by atoms with E-state index < -0.39 is 13.4 Å². The first-order valence-electron chi connectivity index (χ1n) is 13.2. The summed E-state index contributed by atoms with van der Waals surface area (Å²) >= 11 is 0. The van der Waals surface area contributed by atoms with Gasteiger partial charge >= 0.3 is 7.82 Å². The van der Waals surface area contributed by atoms with E-state index in [1.165, 1.54) is 77.0 Å². The molecule has 0 spiro atoms. The molecule has 0 heterocycles. The molecule has 0 bridgehead atoms. The third-order valence-corrected chi connectivity index (χ3v) is 6.90. The Hall–Kier alpha value is 0.110. The first-order chi connectivity index (χ1) is 14.4. The van der Waals surface area contributed by atoms with Crippen LogP contribution in [-0.2, 0) is 9.09 Å². The van der Waals surface area contributed by atoms with Gasteiger partial charge in [-0.3, -0.25) is 4.52 Å². The molecule has 0 radical (unpaired) electrons. The van der Waals surface area contributed by atoms with Gasteiger partial charge in [-0.15, -0.1) is 0 Å². The molecule has 0 atom stereocenters. The van der Waals surface area contributed by atoms with Crippen LogP contribution >= 0.6 is 7.82 Å². The highest BCUT2D eigenvalue weighted by molar-refractivity contribution is 7.46. The molecule has 0 aromatic rings. The highest BCUT2D eigenvalue weighted by Gasteiger charge is 2.36. The largest absolute Gasteiger partial charge is 0.470 e. The minimum Gasteiger partial charge on any atom is -0.303 e. The second kappa shape index (κ2) is 19.8. The summed E-state index contributed by atoms with van der Waals surface area (Å²) in [5.41, 5.74) is -0.640. The summed E-state index contributed by atoms with van der Waals surface area (Å²) in [6.45, 7) is 6.67. The van der Waals surface area contributed by atoms with E-state index in [1.54, 1.807) is 0 Å². The Bertz CT molecular complexity index is 367. The summed E-state index contributed by atoms with van der Waals surface area (Å²) < 4.78 is 17.4. The first kappa shape index (κ1) is 30.1. The quantitative estimate of drug-likeness (QED) is 0.121. The average molecular weight is 449 g/mol. The topological polar surface area (TPSA) is 66.8 Å².